The van der Waals surface area contributed by atoms with Gasteiger partial charge in [0, 0.05) is 12.6 Å². The third-order valence-corrected chi connectivity index (χ3v) is 2.13. The van der Waals surface area contributed by atoms with E-state index in [1.54, 1.807) is 10.5 Å². The summed E-state index contributed by atoms with van der Waals surface area (Å²) in [6.45, 7) is 6.36. The molecule has 0 bridgehead atoms. The molecule has 0 saturated carbocycles. The first-order valence-electron chi connectivity index (χ1n) is 4.95. The maximum atomic E-state index is 13.1. The van der Waals surface area contributed by atoms with Gasteiger partial charge in [-0.25, -0.2) is 4.39 Å². The first kappa shape index (κ1) is 10.1. The van der Waals surface area contributed by atoms with Crippen LogP contribution in [0.4, 0.5) is 4.39 Å². The van der Waals surface area contributed by atoms with Crippen LogP contribution in [0.15, 0.2) is 18.3 Å². The molecule has 2 heterocycles. The number of hydrogen-bond donors (Lipinski definition) is 0. The molecule has 2 rings (SSSR count). The second-order valence-electron chi connectivity index (χ2n) is 4.93. The largest absolute Gasteiger partial charge is 0.283 e. The fourth-order valence-electron chi connectivity index (χ4n) is 1.51. The summed E-state index contributed by atoms with van der Waals surface area (Å²) in [4.78, 5) is 0. The number of halogens is 1. The van der Waals surface area contributed by atoms with Gasteiger partial charge in [0.05, 0.1) is 0 Å². The molecule has 3 nitrogen and oxygen atoms in total. The van der Waals surface area contributed by atoms with E-state index in [2.05, 4.69) is 31.0 Å². The van der Waals surface area contributed by atoms with Gasteiger partial charge in [-0.2, -0.15) is 0 Å². The molecule has 0 amide bonds. The van der Waals surface area contributed by atoms with Gasteiger partial charge < -0.3 is 0 Å². The molecule has 0 saturated heterocycles. The van der Waals surface area contributed by atoms with Crippen molar-refractivity contribution in [1.82, 2.24) is 14.6 Å². The van der Waals surface area contributed by atoms with Gasteiger partial charge in [0.25, 0.3) is 0 Å². The van der Waals surface area contributed by atoms with E-state index in [9.17, 15) is 4.39 Å². The van der Waals surface area contributed by atoms with Crippen LogP contribution in [-0.2, 0) is 6.42 Å². The van der Waals surface area contributed by atoms with Crippen molar-refractivity contribution in [1.29, 1.82) is 0 Å². The molecule has 0 aliphatic heterocycles. The number of nitrogens with zero attached hydrogens (tertiary/aromatic N) is 3. The molecular weight excluding hydrogens is 193 g/mol. The maximum absolute atomic E-state index is 13.1. The average molecular weight is 207 g/mol. The van der Waals surface area contributed by atoms with Gasteiger partial charge in [0.2, 0.25) is 0 Å². The van der Waals surface area contributed by atoms with Crippen molar-refractivity contribution in [2.45, 2.75) is 27.2 Å². The van der Waals surface area contributed by atoms with Crippen LogP contribution in [0.1, 0.15) is 26.6 Å². The van der Waals surface area contributed by atoms with Crippen LogP contribution in [0.5, 0.6) is 0 Å². The minimum absolute atomic E-state index is 0.120. The zero-order valence-corrected chi connectivity index (χ0v) is 9.16. The summed E-state index contributed by atoms with van der Waals surface area (Å²) in [5.74, 6) is 0.537. The van der Waals surface area contributed by atoms with Gasteiger partial charge in [-0.15, -0.1) is 10.2 Å². The molecule has 2 aromatic heterocycles. The predicted molar refractivity (Wildman–Crippen MR) is 56.1 cm³/mol. The normalized spacial score (nSPS) is 12.3. The number of rotatable bonds is 1. The van der Waals surface area contributed by atoms with Crippen molar-refractivity contribution in [2.75, 3.05) is 0 Å². The standard InChI is InChI=1S/C11H14FN3/c1-11(2,3)6-10-14-13-9-5-4-8(12)7-15(9)10/h4-5,7H,6H2,1-3H3. The first-order chi connectivity index (χ1) is 6.96. The zero-order valence-electron chi connectivity index (χ0n) is 9.16. The molecule has 0 N–H and O–H groups in total. The zero-order chi connectivity index (χ0) is 11.1. The van der Waals surface area contributed by atoms with Gasteiger partial charge in [0.1, 0.15) is 11.6 Å². The topological polar surface area (TPSA) is 30.2 Å². The van der Waals surface area contributed by atoms with Crippen molar-refractivity contribution in [3.8, 4) is 0 Å². The number of fused-ring (bicyclic) bond motifs is 1. The molecule has 80 valence electrons. The Morgan fingerprint density at radius 2 is 2.00 bits per heavy atom. The molecule has 0 atom stereocenters. The summed E-state index contributed by atoms with van der Waals surface area (Å²) in [6.07, 6.45) is 2.20. The highest BCUT2D eigenvalue weighted by atomic mass is 19.1. The summed E-state index contributed by atoms with van der Waals surface area (Å²) in [5, 5.41) is 8.06. The molecule has 0 aromatic carbocycles. The fourth-order valence-corrected chi connectivity index (χ4v) is 1.51. The molecule has 2 aromatic rings. The molecule has 15 heavy (non-hydrogen) atoms. The number of aromatic nitrogens is 3. The van der Waals surface area contributed by atoms with Crippen LogP contribution in [-0.4, -0.2) is 14.6 Å². The second-order valence-corrected chi connectivity index (χ2v) is 4.93. The van der Waals surface area contributed by atoms with Crippen LogP contribution in [0.3, 0.4) is 0 Å². The van der Waals surface area contributed by atoms with Gasteiger partial charge in [-0.1, -0.05) is 20.8 Å². The Balaban J connectivity index is 2.48. The monoisotopic (exact) mass is 207 g/mol. The predicted octanol–water partition coefficient (Wildman–Crippen LogP) is 2.46. The summed E-state index contributed by atoms with van der Waals surface area (Å²) in [6, 6.07) is 3.03. The Kier molecular flexibility index (Phi) is 2.21. The van der Waals surface area contributed by atoms with Crippen LogP contribution in [0.25, 0.3) is 5.65 Å². The molecule has 0 unspecified atom stereocenters. The second kappa shape index (κ2) is 3.29. The SMILES string of the molecule is CC(C)(C)Cc1nnc2ccc(F)cn12. The van der Waals surface area contributed by atoms with Crippen molar-refractivity contribution in [3.05, 3.63) is 30.0 Å². The van der Waals surface area contributed by atoms with Crippen molar-refractivity contribution >= 4 is 5.65 Å². The van der Waals surface area contributed by atoms with Gasteiger partial charge in [-0.05, 0) is 17.5 Å². The van der Waals surface area contributed by atoms with Gasteiger partial charge >= 0.3 is 0 Å². The Hall–Kier alpha value is -1.45. The van der Waals surface area contributed by atoms with Gasteiger partial charge in [0.15, 0.2) is 5.65 Å². The lowest BCUT2D eigenvalue weighted by atomic mass is 9.92. The summed E-state index contributed by atoms with van der Waals surface area (Å²) in [7, 11) is 0. The van der Waals surface area contributed by atoms with E-state index in [4.69, 9.17) is 0 Å². The quantitative estimate of drug-likeness (QED) is 0.719. The lowest BCUT2D eigenvalue weighted by Crippen LogP contribution is -2.12. The Morgan fingerprint density at radius 3 is 2.67 bits per heavy atom. The number of hydrogen-bond acceptors (Lipinski definition) is 2. The smallest absolute Gasteiger partial charge is 0.160 e. The van der Waals surface area contributed by atoms with E-state index < -0.39 is 0 Å². The molecule has 4 heteroatoms. The van der Waals surface area contributed by atoms with Gasteiger partial charge in [-0.3, -0.25) is 4.40 Å². The molecule has 0 fully saturated rings. The summed E-state index contributed by atoms with van der Waals surface area (Å²) >= 11 is 0. The average Bonchev–Trinajstić information content (AvgIpc) is 2.46. The van der Waals surface area contributed by atoms with E-state index >= 15 is 0 Å². The summed E-state index contributed by atoms with van der Waals surface area (Å²) < 4.78 is 14.8. The van der Waals surface area contributed by atoms with E-state index in [0.29, 0.717) is 5.65 Å². The van der Waals surface area contributed by atoms with E-state index in [1.165, 1.54) is 12.3 Å². The highest BCUT2D eigenvalue weighted by Crippen LogP contribution is 2.19. The molecule has 0 aliphatic carbocycles. The van der Waals surface area contributed by atoms with E-state index in [0.717, 1.165) is 12.2 Å². The van der Waals surface area contributed by atoms with Crippen molar-refractivity contribution in [2.24, 2.45) is 5.41 Å². The number of pyridine rings is 1. The lowest BCUT2D eigenvalue weighted by molar-refractivity contribution is 0.398. The fraction of sp³-hybridized carbons (Fsp3) is 0.455. The van der Waals surface area contributed by atoms with E-state index in [-0.39, 0.29) is 11.2 Å². The molecular formula is C11H14FN3. The van der Waals surface area contributed by atoms with Crippen molar-refractivity contribution < 1.29 is 4.39 Å². The minimum atomic E-state index is -0.266. The van der Waals surface area contributed by atoms with E-state index in [1.807, 2.05) is 0 Å². The maximum Gasteiger partial charge on any atom is 0.160 e. The van der Waals surface area contributed by atoms with Crippen LogP contribution in [0.2, 0.25) is 0 Å². The molecule has 0 spiro atoms. The molecule has 0 aliphatic rings. The summed E-state index contributed by atoms with van der Waals surface area (Å²) in [5.41, 5.74) is 0.811. The highest BCUT2D eigenvalue weighted by Gasteiger charge is 2.16. The minimum Gasteiger partial charge on any atom is -0.283 e. The van der Waals surface area contributed by atoms with Crippen molar-refractivity contribution in [3.63, 3.8) is 0 Å². The lowest BCUT2D eigenvalue weighted by Gasteiger charge is -2.16. The molecule has 0 radical (unpaired) electrons. The van der Waals surface area contributed by atoms with Crippen LogP contribution < -0.4 is 0 Å². The van der Waals surface area contributed by atoms with Crippen LogP contribution >= 0.6 is 0 Å². The Morgan fingerprint density at radius 1 is 1.27 bits per heavy atom. The Labute approximate surface area is 87.9 Å². The highest BCUT2D eigenvalue weighted by molar-refractivity contribution is 5.37. The third kappa shape index (κ3) is 2.14. The Bertz CT molecular complexity index is 482. The third-order valence-electron chi connectivity index (χ3n) is 2.13. The first-order valence-corrected chi connectivity index (χ1v) is 4.95. The van der Waals surface area contributed by atoms with Crippen LogP contribution in [0, 0.1) is 11.2 Å².